The predicted molar refractivity (Wildman–Crippen MR) is 138 cm³/mol. The fourth-order valence-electron chi connectivity index (χ4n) is 3.84. The Kier molecular flexibility index (Phi) is 8.45. The summed E-state index contributed by atoms with van der Waals surface area (Å²) in [5.41, 5.74) is 8.75. The van der Waals surface area contributed by atoms with Gasteiger partial charge in [0.25, 0.3) is 0 Å². The molecule has 0 unspecified atom stereocenters. The third kappa shape index (κ3) is 6.53. The molecule has 0 nitrogen and oxygen atoms in total. The van der Waals surface area contributed by atoms with Crippen LogP contribution in [0.5, 0.6) is 0 Å². The molecule has 0 aliphatic rings. The molecule has 3 rings (SSSR count). The van der Waals surface area contributed by atoms with Crippen LogP contribution in [0.15, 0.2) is 42.5 Å². The Morgan fingerprint density at radius 1 is 0.710 bits per heavy atom. The molecule has 0 N–H and O–H groups in total. The second-order valence-electron chi connectivity index (χ2n) is 11.6. The maximum atomic E-state index is 4.93. The molecule has 0 bridgehead atoms. The normalized spacial score (nSPS) is 12.5. The first kappa shape index (κ1) is 26.8. The molecule has 31 heavy (non-hydrogen) atoms. The van der Waals surface area contributed by atoms with Gasteiger partial charge >= 0.3 is 37.9 Å². The van der Waals surface area contributed by atoms with Crippen LogP contribution in [0, 0.1) is 6.92 Å². The molecule has 0 aromatic heterocycles. The summed E-state index contributed by atoms with van der Waals surface area (Å²) in [5, 5.41) is 2.74. The van der Waals surface area contributed by atoms with E-state index in [1.54, 1.807) is 0 Å². The number of fused-ring (bicyclic) bond motifs is 1. The van der Waals surface area contributed by atoms with Crippen LogP contribution in [0.1, 0.15) is 84.6 Å². The molecule has 3 aromatic carbocycles. The number of rotatable bonds is 1. The Labute approximate surface area is 208 Å². The van der Waals surface area contributed by atoms with Crippen molar-refractivity contribution in [3.8, 4) is 11.1 Å². The van der Waals surface area contributed by atoms with Crippen molar-refractivity contribution < 1.29 is 20.8 Å². The summed E-state index contributed by atoms with van der Waals surface area (Å²) in [7, 11) is 9.87. The molecular formula is C28H37Cl2Zr-. The average Bonchev–Trinajstić information content (AvgIpc) is 3.05. The van der Waals surface area contributed by atoms with Gasteiger partial charge in [0, 0.05) is 0 Å². The van der Waals surface area contributed by atoms with E-state index < -0.39 is 20.8 Å². The van der Waals surface area contributed by atoms with Gasteiger partial charge in [-0.05, 0) is 39.9 Å². The van der Waals surface area contributed by atoms with Gasteiger partial charge in [0.2, 0.25) is 0 Å². The third-order valence-corrected chi connectivity index (χ3v) is 5.92. The van der Waals surface area contributed by atoms with E-state index in [2.05, 4.69) is 112 Å². The molecular weight excluding hydrogens is 498 g/mol. The van der Waals surface area contributed by atoms with Crippen LogP contribution in [0.4, 0.5) is 0 Å². The molecule has 0 spiro atoms. The van der Waals surface area contributed by atoms with E-state index in [0.29, 0.717) is 0 Å². The number of hydrogen-bond donors (Lipinski definition) is 0. The SMILES string of the molecule is Cc1ccc2[cH-]c(C(C)(C)C)cc2c1-c1cc(C(C)(C)C)cc(C(C)(C)C)c1.[Cl][Zr][Cl]. The molecule has 3 aromatic rings. The summed E-state index contributed by atoms with van der Waals surface area (Å²) in [6, 6.07) is 16.6. The molecule has 0 heterocycles. The Hall–Kier alpha value is -0.487. The Morgan fingerprint density at radius 2 is 1.19 bits per heavy atom. The van der Waals surface area contributed by atoms with Gasteiger partial charge in [-0.15, -0.1) is 34.5 Å². The van der Waals surface area contributed by atoms with Crippen LogP contribution in [-0.4, -0.2) is 0 Å². The second kappa shape index (κ2) is 9.79. The van der Waals surface area contributed by atoms with Crippen LogP contribution < -0.4 is 0 Å². The zero-order chi connectivity index (χ0) is 23.8. The first-order chi connectivity index (χ1) is 14.1. The fourth-order valence-corrected chi connectivity index (χ4v) is 3.84. The summed E-state index contributed by atoms with van der Waals surface area (Å²) in [6.07, 6.45) is 0. The number of aryl methyl sites for hydroxylation is 1. The molecule has 0 fully saturated rings. The number of halogens is 2. The second-order valence-corrected chi connectivity index (χ2v) is 15.4. The maximum absolute atomic E-state index is 4.93. The van der Waals surface area contributed by atoms with Crippen LogP contribution in [0.25, 0.3) is 21.9 Å². The molecule has 0 amide bonds. The van der Waals surface area contributed by atoms with Crippen LogP contribution in [0.2, 0.25) is 0 Å². The first-order valence-corrected chi connectivity index (χ1v) is 17.3. The van der Waals surface area contributed by atoms with Crippen LogP contribution in [-0.2, 0) is 37.1 Å². The molecule has 0 saturated carbocycles. The molecule has 0 saturated heterocycles. The van der Waals surface area contributed by atoms with Gasteiger partial charge in [-0.2, -0.15) is 6.07 Å². The minimum atomic E-state index is -0.826. The van der Waals surface area contributed by atoms with Crippen molar-refractivity contribution in [2.75, 3.05) is 0 Å². The Bertz CT molecular complexity index is 1010. The van der Waals surface area contributed by atoms with E-state index in [1.807, 2.05) is 0 Å². The zero-order valence-electron chi connectivity index (χ0n) is 20.8. The van der Waals surface area contributed by atoms with E-state index in [9.17, 15) is 0 Å². The van der Waals surface area contributed by atoms with Gasteiger partial charge in [0.15, 0.2) is 0 Å². The fraction of sp³-hybridized carbons (Fsp3) is 0.464. The summed E-state index contributed by atoms with van der Waals surface area (Å²) in [5.74, 6) is 0. The summed E-state index contributed by atoms with van der Waals surface area (Å²) in [4.78, 5) is 0. The molecule has 0 radical (unpaired) electrons. The van der Waals surface area contributed by atoms with Crippen molar-refractivity contribution in [1.29, 1.82) is 0 Å². The monoisotopic (exact) mass is 533 g/mol. The van der Waals surface area contributed by atoms with E-state index in [1.165, 1.54) is 44.2 Å². The van der Waals surface area contributed by atoms with Gasteiger partial charge in [-0.25, -0.2) is 0 Å². The summed E-state index contributed by atoms with van der Waals surface area (Å²) in [6.45, 7) is 23.0. The van der Waals surface area contributed by atoms with Crippen LogP contribution >= 0.6 is 17.0 Å². The van der Waals surface area contributed by atoms with Gasteiger partial charge in [0.05, 0.1) is 0 Å². The molecule has 0 atom stereocenters. The van der Waals surface area contributed by atoms with E-state index >= 15 is 0 Å². The predicted octanol–water partition coefficient (Wildman–Crippen LogP) is 9.80. The summed E-state index contributed by atoms with van der Waals surface area (Å²) < 4.78 is 0. The Balaban J connectivity index is 0.00000107. The van der Waals surface area contributed by atoms with E-state index in [0.717, 1.165) is 0 Å². The van der Waals surface area contributed by atoms with E-state index in [-0.39, 0.29) is 16.2 Å². The topological polar surface area (TPSA) is 0 Å². The molecule has 168 valence electrons. The molecule has 0 aliphatic heterocycles. The zero-order valence-corrected chi connectivity index (χ0v) is 24.8. The first-order valence-electron chi connectivity index (χ1n) is 10.9. The Morgan fingerprint density at radius 3 is 1.61 bits per heavy atom. The van der Waals surface area contributed by atoms with E-state index in [4.69, 9.17) is 17.0 Å². The van der Waals surface area contributed by atoms with Crippen molar-refractivity contribution in [3.63, 3.8) is 0 Å². The standard InChI is InChI=1S/C28H37.2ClH.Zr/c1-18-11-12-19-13-23(28(8,9)10)17-24(19)25(18)20-14-21(26(2,3)4)16-22(15-20)27(5,6)7;;;/h11-17H,1-10H3;2*1H;/q-1;;;+2/p-2. The summed E-state index contributed by atoms with van der Waals surface area (Å²) >= 11 is -0.826. The van der Waals surface area contributed by atoms with Gasteiger partial charge in [-0.1, -0.05) is 91.6 Å². The number of hydrogen-bond acceptors (Lipinski definition) is 0. The van der Waals surface area contributed by atoms with Crippen molar-refractivity contribution in [3.05, 3.63) is 64.7 Å². The quantitative estimate of drug-likeness (QED) is 0.272. The third-order valence-electron chi connectivity index (χ3n) is 5.92. The van der Waals surface area contributed by atoms with Crippen molar-refractivity contribution in [2.24, 2.45) is 0 Å². The molecule has 3 heteroatoms. The van der Waals surface area contributed by atoms with Crippen molar-refractivity contribution in [2.45, 2.75) is 85.5 Å². The number of benzene rings is 2. The van der Waals surface area contributed by atoms with Crippen molar-refractivity contribution in [1.82, 2.24) is 0 Å². The average molecular weight is 536 g/mol. The van der Waals surface area contributed by atoms with Crippen LogP contribution in [0.3, 0.4) is 0 Å². The van der Waals surface area contributed by atoms with Gasteiger partial charge < -0.3 is 0 Å². The van der Waals surface area contributed by atoms with Crippen molar-refractivity contribution >= 4 is 27.8 Å². The van der Waals surface area contributed by atoms with Gasteiger partial charge in [-0.3, -0.25) is 0 Å². The van der Waals surface area contributed by atoms with Gasteiger partial charge in [0.1, 0.15) is 0 Å². The molecule has 0 aliphatic carbocycles. The minimum absolute atomic E-state index is 0.125.